The topological polar surface area (TPSA) is 41.1 Å². The van der Waals surface area contributed by atoms with E-state index < -0.39 is 0 Å². The molecule has 14 heavy (non-hydrogen) atoms. The minimum atomic E-state index is 0.137. The van der Waals surface area contributed by atoms with Crippen molar-refractivity contribution >= 4 is 5.91 Å². The summed E-state index contributed by atoms with van der Waals surface area (Å²) in [6.45, 7) is 8.22. The van der Waals surface area contributed by atoms with Crippen LogP contribution < -0.4 is 10.6 Å². The Morgan fingerprint density at radius 1 is 1.57 bits per heavy atom. The van der Waals surface area contributed by atoms with E-state index in [4.69, 9.17) is 0 Å². The Morgan fingerprint density at radius 3 is 2.86 bits per heavy atom. The third-order valence-electron chi connectivity index (χ3n) is 2.75. The predicted octanol–water partition coefficient (Wildman–Crippen LogP) is 0.961. The number of carbonyl (C=O) groups is 1. The quantitative estimate of drug-likeness (QED) is 0.707. The maximum atomic E-state index is 11.2. The van der Waals surface area contributed by atoms with E-state index in [1.807, 2.05) is 6.92 Å². The van der Waals surface area contributed by atoms with Crippen LogP contribution in [0.1, 0.15) is 27.2 Å². The van der Waals surface area contributed by atoms with Gasteiger partial charge < -0.3 is 10.6 Å². The van der Waals surface area contributed by atoms with Gasteiger partial charge in [-0.2, -0.15) is 0 Å². The Bertz CT molecular complexity index is 192. The SMILES string of the molecule is CCC(=O)NC1[CH]C(C(C)C)CNC1. The largest absolute Gasteiger partial charge is 0.352 e. The zero-order valence-electron chi connectivity index (χ0n) is 9.34. The highest BCUT2D eigenvalue weighted by Gasteiger charge is 2.24. The van der Waals surface area contributed by atoms with Crippen molar-refractivity contribution < 1.29 is 4.79 Å². The van der Waals surface area contributed by atoms with E-state index in [1.165, 1.54) is 0 Å². The molecule has 0 aromatic heterocycles. The molecule has 3 heteroatoms. The van der Waals surface area contributed by atoms with Crippen LogP contribution in [0.5, 0.6) is 0 Å². The number of rotatable bonds is 3. The number of amides is 1. The highest BCUT2D eigenvalue weighted by Crippen LogP contribution is 2.18. The molecule has 0 aromatic carbocycles. The van der Waals surface area contributed by atoms with Crippen molar-refractivity contribution in [2.45, 2.75) is 33.2 Å². The molecule has 81 valence electrons. The van der Waals surface area contributed by atoms with Gasteiger partial charge in [0, 0.05) is 19.0 Å². The summed E-state index contributed by atoms with van der Waals surface area (Å²) in [4.78, 5) is 11.2. The van der Waals surface area contributed by atoms with Crippen molar-refractivity contribution in [1.82, 2.24) is 10.6 Å². The third-order valence-corrected chi connectivity index (χ3v) is 2.75. The molecule has 1 radical (unpaired) electrons. The molecule has 2 atom stereocenters. The Balaban J connectivity index is 2.36. The Kier molecular flexibility index (Phi) is 4.39. The molecule has 1 amide bonds. The minimum Gasteiger partial charge on any atom is -0.352 e. The summed E-state index contributed by atoms with van der Waals surface area (Å²) in [6, 6.07) is 0.212. The van der Waals surface area contributed by atoms with E-state index >= 15 is 0 Å². The van der Waals surface area contributed by atoms with E-state index in [-0.39, 0.29) is 11.9 Å². The van der Waals surface area contributed by atoms with Crippen LogP contribution in [-0.2, 0) is 4.79 Å². The molecule has 0 aliphatic carbocycles. The van der Waals surface area contributed by atoms with Crippen LogP contribution in [0.15, 0.2) is 0 Å². The standard InChI is InChI=1S/C11H21N2O/c1-4-11(14)13-10-5-9(8(2)3)6-12-7-10/h5,8-10,12H,4,6-7H2,1-3H3,(H,13,14). The van der Waals surface area contributed by atoms with Crippen LogP contribution in [0.4, 0.5) is 0 Å². The second kappa shape index (κ2) is 5.35. The van der Waals surface area contributed by atoms with E-state index in [0.717, 1.165) is 13.1 Å². The molecule has 0 saturated carbocycles. The zero-order chi connectivity index (χ0) is 10.6. The van der Waals surface area contributed by atoms with Gasteiger partial charge in [-0.1, -0.05) is 20.8 Å². The van der Waals surface area contributed by atoms with Crippen molar-refractivity contribution in [3.05, 3.63) is 6.42 Å². The molecule has 0 aromatic rings. The van der Waals surface area contributed by atoms with Crippen molar-refractivity contribution in [3.8, 4) is 0 Å². The normalized spacial score (nSPS) is 27.7. The number of nitrogens with one attached hydrogen (secondary N) is 2. The van der Waals surface area contributed by atoms with Crippen LogP contribution in [0.2, 0.25) is 0 Å². The lowest BCUT2D eigenvalue weighted by Gasteiger charge is -2.32. The first-order chi connectivity index (χ1) is 6.63. The van der Waals surface area contributed by atoms with E-state index in [1.54, 1.807) is 0 Å². The highest BCUT2D eigenvalue weighted by atomic mass is 16.1. The fraction of sp³-hybridized carbons (Fsp3) is 0.818. The molecule has 2 unspecified atom stereocenters. The van der Waals surface area contributed by atoms with Gasteiger partial charge in [0.25, 0.3) is 0 Å². The summed E-state index contributed by atoms with van der Waals surface area (Å²) in [5.41, 5.74) is 0. The van der Waals surface area contributed by atoms with Crippen LogP contribution in [0.25, 0.3) is 0 Å². The Hall–Kier alpha value is -0.570. The predicted molar refractivity (Wildman–Crippen MR) is 57.7 cm³/mol. The van der Waals surface area contributed by atoms with Crippen LogP contribution in [-0.4, -0.2) is 25.0 Å². The van der Waals surface area contributed by atoms with E-state index in [2.05, 4.69) is 30.9 Å². The number of hydrogen-bond acceptors (Lipinski definition) is 2. The van der Waals surface area contributed by atoms with Crippen LogP contribution in [0.3, 0.4) is 0 Å². The molecule has 3 nitrogen and oxygen atoms in total. The van der Waals surface area contributed by atoms with E-state index in [9.17, 15) is 4.79 Å². The zero-order valence-corrected chi connectivity index (χ0v) is 9.34. The van der Waals surface area contributed by atoms with Crippen LogP contribution >= 0.6 is 0 Å². The maximum absolute atomic E-state index is 11.2. The van der Waals surface area contributed by atoms with Crippen molar-refractivity contribution in [2.75, 3.05) is 13.1 Å². The lowest BCUT2D eigenvalue weighted by molar-refractivity contribution is -0.121. The monoisotopic (exact) mass is 197 g/mol. The number of piperidine rings is 1. The summed E-state index contributed by atoms with van der Waals surface area (Å²) in [6.07, 6.45) is 2.84. The molecule has 1 aliphatic heterocycles. The second-order valence-electron chi connectivity index (χ2n) is 4.29. The number of hydrogen-bond donors (Lipinski definition) is 2. The second-order valence-corrected chi connectivity index (χ2v) is 4.29. The van der Waals surface area contributed by atoms with Gasteiger partial charge in [-0.25, -0.2) is 0 Å². The van der Waals surface area contributed by atoms with Gasteiger partial charge in [-0.05, 0) is 24.8 Å². The summed E-state index contributed by atoms with van der Waals surface area (Å²) in [7, 11) is 0. The molecular weight excluding hydrogens is 176 g/mol. The minimum absolute atomic E-state index is 0.137. The van der Waals surface area contributed by atoms with Gasteiger partial charge in [0.2, 0.25) is 5.91 Å². The molecule has 1 heterocycles. The molecule has 1 saturated heterocycles. The lowest BCUT2D eigenvalue weighted by Crippen LogP contribution is -2.50. The maximum Gasteiger partial charge on any atom is 0.219 e. The first-order valence-corrected chi connectivity index (χ1v) is 5.48. The highest BCUT2D eigenvalue weighted by molar-refractivity contribution is 5.76. The van der Waals surface area contributed by atoms with Crippen molar-refractivity contribution in [1.29, 1.82) is 0 Å². The van der Waals surface area contributed by atoms with Gasteiger partial charge in [-0.15, -0.1) is 0 Å². The summed E-state index contributed by atoms with van der Waals surface area (Å²) in [5.74, 6) is 1.35. The fourth-order valence-corrected chi connectivity index (χ4v) is 1.71. The summed E-state index contributed by atoms with van der Waals surface area (Å²) < 4.78 is 0. The Labute approximate surface area is 86.6 Å². The molecule has 0 spiro atoms. The first-order valence-electron chi connectivity index (χ1n) is 5.48. The van der Waals surface area contributed by atoms with E-state index in [0.29, 0.717) is 18.3 Å². The van der Waals surface area contributed by atoms with Gasteiger partial charge in [0.1, 0.15) is 0 Å². The summed E-state index contributed by atoms with van der Waals surface area (Å²) in [5, 5.41) is 6.35. The molecular formula is C11H21N2O. The van der Waals surface area contributed by atoms with Gasteiger partial charge in [0.05, 0.1) is 0 Å². The Morgan fingerprint density at radius 2 is 2.29 bits per heavy atom. The van der Waals surface area contributed by atoms with Crippen molar-refractivity contribution in [3.63, 3.8) is 0 Å². The lowest BCUT2D eigenvalue weighted by atomic mass is 9.86. The van der Waals surface area contributed by atoms with Crippen molar-refractivity contribution in [2.24, 2.45) is 11.8 Å². The number of carbonyl (C=O) groups excluding carboxylic acids is 1. The van der Waals surface area contributed by atoms with Gasteiger partial charge in [0.15, 0.2) is 0 Å². The summed E-state index contributed by atoms with van der Waals surface area (Å²) >= 11 is 0. The van der Waals surface area contributed by atoms with Crippen LogP contribution in [0, 0.1) is 18.3 Å². The fourth-order valence-electron chi connectivity index (χ4n) is 1.71. The van der Waals surface area contributed by atoms with Gasteiger partial charge >= 0.3 is 0 Å². The smallest absolute Gasteiger partial charge is 0.219 e. The third kappa shape index (κ3) is 3.29. The van der Waals surface area contributed by atoms with Gasteiger partial charge in [-0.3, -0.25) is 4.79 Å². The molecule has 1 rings (SSSR count). The first kappa shape index (κ1) is 11.5. The molecule has 0 bridgehead atoms. The average Bonchev–Trinajstić information content (AvgIpc) is 2.18. The molecule has 1 aliphatic rings. The molecule has 1 fully saturated rings. The average molecular weight is 197 g/mol. The molecule has 2 N–H and O–H groups in total.